The zero-order chi connectivity index (χ0) is 16.7. The summed E-state index contributed by atoms with van der Waals surface area (Å²) in [4.78, 5) is 0. The fraction of sp³-hybridized carbons (Fsp3) is 0.368. The van der Waals surface area contributed by atoms with Crippen molar-refractivity contribution in [2.45, 2.75) is 39.5 Å². The number of hydrogen-bond acceptors (Lipinski definition) is 3. The van der Waals surface area contributed by atoms with Crippen molar-refractivity contribution in [3.05, 3.63) is 58.6 Å². The average Bonchev–Trinajstić information content (AvgIpc) is 2.57. The number of ether oxygens (including phenoxy) is 2. The molecule has 0 fully saturated rings. The largest absolute Gasteiger partial charge is 0.493 e. The molecule has 124 valence electrons. The van der Waals surface area contributed by atoms with Gasteiger partial charge in [-0.1, -0.05) is 42.8 Å². The van der Waals surface area contributed by atoms with Gasteiger partial charge < -0.3 is 14.8 Å². The van der Waals surface area contributed by atoms with E-state index in [9.17, 15) is 0 Å². The van der Waals surface area contributed by atoms with Gasteiger partial charge in [-0.25, -0.2) is 0 Å². The van der Waals surface area contributed by atoms with Crippen LogP contribution in [-0.4, -0.2) is 13.2 Å². The van der Waals surface area contributed by atoms with E-state index in [0.29, 0.717) is 17.7 Å². The number of benzene rings is 2. The van der Waals surface area contributed by atoms with E-state index in [1.54, 1.807) is 7.11 Å². The Morgan fingerprint density at radius 1 is 1.17 bits per heavy atom. The third-order valence-electron chi connectivity index (χ3n) is 3.81. The molecule has 0 bridgehead atoms. The van der Waals surface area contributed by atoms with Gasteiger partial charge in [0, 0.05) is 23.2 Å². The van der Waals surface area contributed by atoms with Gasteiger partial charge >= 0.3 is 0 Å². The minimum absolute atomic E-state index is 0.456. The van der Waals surface area contributed by atoms with Crippen LogP contribution in [0.2, 0.25) is 5.02 Å². The molecule has 0 aliphatic carbocycles. The van der Waals surface area contributed by atoms with Gasteiger partial charge in [0.2, 0.25) is 0 Å². The van der Waals surface area contributed by atoms with Crippen LogP contribution in [0.25, 0.3) is 0 Å². The molecule has 0 saturated carbocycles. The van der Waals surface area contributed by atoms with Crippen LogP contribution in [0.5, 0.6) is 11.5 Å². The molecule has 23 heavy (non-hydrogen) atoms. The van der Waals surface area contributed by atoms with Crippen molar-refractivity contribution in [2.75, 3.05) is 7.11 Å². The monoisotopic (exact) mass is 333 g/mol. The Labute approximate surface area is 143 Å². The quantitative estimate of drug-likeness (QED) is 0.751. The molecule has 0 heterocycles. The molecule has 0 aliphatic rings. The Hall–Kier alpha value is -1.71. The summed E-state index contributed by atoms with van der Waals surface area (Å²) < 4.78 is 11.5. The molecule has 2 aromatic rings. The lowest BCUT2D eigenvalue weighted by Gasteiger charge is -2.17. The van der Waals surface area contributed by atoms with Crippen LogP contribution < -0.4 is 14.8 Å². The summed E-state index contributed by atoms with van der Waals surface area (Å²) in [5.74, 6) is 1.53. The van der Waals surface area contributed by atoms with Gasteiger partial charge in [-0.3, -0.25) is 0 Å². The van der Waals surface area contributed by atoms with Gasteiger partial charge in [0.05, 0.1) is 7.11 Å². The first-order valence-electron chi connectivity index (χ1n) is 7.90. The van der Waals surface area contributed by atoms with E-state index >= 15 is 0 Å². The molecular formula is C19H24ClNO2. The van der Waals surface area contributed by atoms with E-state index in [0.717, 1.165) is 35.6 Å². The Kier molecular flexibility index (Phi) is 6.75. The second-order valence-electron chi connectivity index (χ2n) is 5.56. The predicted octanol–water partition coefficient (Wildman–Crippen LogP) is 4.82. The minimum atomic E-state index is 0.456. The van der Waals surface area contributed by atoms with Crippen molar-refractivity contribution < 1.29 is 9.47 Å². The van der Waals surface area contributed by atoms with Gasteiger partial charge in [0.25, 0.3) is 0 Å². The number of para-hydroxylation sites is 1. The Morgan fingerprint density at radius 3 is 2.65 bits per heavy atom. The summed E-state index contributed by atoms with van der Waals surface area (Å²) in [6.07, 6.45) is 1.09. The first kappa shape index (κ1) is 17.6. The number of nitrogens with one attached hydrogen (secondary N) is 1. The third-order valence-corrected chi connectivity index (χ3v) is 4.04. The molecule has 0 amide bonds. The zero-order valence-corrected chi connectivity index (χ0v) is 14.7. The van der Waals surface area contributed by atoms with Gasteiger partial charge in [-0.15, -0.1) is 0 Å². The van der Waals surface area contributed by atoms with E-state index in [1.165, 1.54) is 0 Å². The number of methoxy groups -OCH3 is 1. The Bertz CT molecular complexity index is 631. The lowest BCUT2D eigenvalue weighted by molar-refractivity contribution is 0.280. The van der Waals surface area contributed by atoms with Crippen LogP contribution in [0.15, 0.2) is 42.5 Å². The van der Waals surface area contributed by atoms with E-state index in [2.05, 4.69) is 25.2 Å². The number of halogens is 1. The summed E-state index contributed by atoms with van der Waals surface area (Å²) in [5.41, 5.74) is 2.12. The van der Waals surface area contributed by atoms with Crippen LogP contribution in [0.3, 0.4) is 0 Å². The number of hydrogen-bond donors (Lipinski definition) is 1. The summed E-state index contributed by atoms with van der Waals surface area (Å²) in [7, 11) is 1.66. The molecule has 3 nitrogen and oxygen atoms in total. The van der Waals surface area contributed by atoms with Crippen molar-refractivity contribution in [3.63, 3.8) is 0 Å². The summed E-state index contributed by atoms with van der Waals surface area (Å²) in [6.45, 7) is 5.54. The maximum atomic E-state index is 6.04. The molecule has 0 unspecified atom stereocenters. The molecule has 2 rings (SSSR count). The Morgan fingerprint density at radius 2 is 1.96 bits per heavy atom. The van der Waals surface area contributed by atoms with E-state index in [4.69, 9.17) is 21.1 Å². The fourth-order valence-electron chi connectivity index (χ4n) is 2.24. The van der Waals surface area contributed by atoms with Gasteiger partial charge in [0.1, 0.15) is 6.61 Å². The lowest BCUT2D eigenvalue weighted by atomic mass is 10.1. The van der Waals surface area contributed by atoms with Crippen molar-refractivity contribution >= 4 is 11.6 Å². The number of rotatable bonds is 8. The molecule has 0 spiro atoms. The fourth-order valence-corrected chi connectivity index (χ4v) is 2.45. The van der Waals surface area contributed by atoms with Gasteiger partial charge in [0.15, 0.2) is 11.5 Å². The van der Waals surface area contributed by atoms with Gasteiger partial charge in [-0.2, -0.15) is 0 Å². The zero-order valence-electron chi connectivity index (χ0n) is 13.9. The second kappa shape index (κ2) is 8.80. The van der Waals surface area contributed by atoms with Crippen LogP contribution >= 0.6 is 11.6 Å². The van der Waals surface area contributed by atoms with Crippen molar-refractivity contribution in [1.29, 1.82) is 0 Å². The van der Waals surface area contributed by atoms with Crippen molar-refractivity contribution in [2.24, 2.45) is 0 Å². The van der Waals surface area contributed by atoms with Crippen LogP contribution in [0.4, 0.5) is 0 Å². The topological polar surface area (TPSA) is 30.5 Å². The third kappa shape index (κ3) is 5.15. The molecule has 0 radical (unpaired) electrons. The highest BCUT2D eigenvalue weighted by molar-refractivity contribution is 6.30. The SMILES string of the molecule is CC[C@@H](C)NCc1cccc(OC)c1OCc1cccc(Cl)c1. The average molecular weight is 334 g/mol. The summed E-state index contributed by atoms with van der Waals surface area (Å²) in [6, 6.07) is 14.1. The molecule has 4 heteroatoms. The van der Waals surface area contributed by atoms with Crippen LogP contribution in [-0.2, 0) is 13.2 Å². The molecular weight excluding hydrogens is 310 g/mol. The highest BCUT2D eigenvalue weighted by Gasteiger charge is 2.11. The highest BCUT2D eigenvalue weighted by Crippen LogP contribution is 2.32. The normalized spacial score (nSPS) is 12.0. The second-order valence-corrected chi connectivity index (χ2v) is 5.99. The van der Waals surface area contributed by atoms with Crippen molar-refractivity contribution in [3.8, 4) is 11.5 Å². The predicted molar refractivity (Wildman–Crippen MR) is 95.4 cm³/mol. The summed E-state index contributed by atoms with van der Waals surface area (Å²) >= 11 is 6.03. The first-order chi connectivity index (χ1) is 11.1. The van der Waals surface area contributed by atoms with Crippen LogP contribution in [0, 0.1) is 0 Å². The highest BCUT2D eigenvalue weighted by atomic mass is 35.5. The maximum absolute atomic E-state index is 6.04. The molecule has 0 aliphatic heterocycles. The summed E-state index contributed by atoms with van der Waals surface area (Å²) in [5, 5.41) is 4.20. The lowest BCUT2D eigenvalue weighted by Crippen LogP contribution is -2.24. The van der Waals surface area contributed by atoms with E-state index < -0.39 is 0 Å². The maximum Gasteiger partial charge on any atom is 0.166 e. The Balaban J connectivity index is 2.14. The first-order valence-corrected chi connectivity index (χ1v) is 8.28. The standard InChI is InChI=1S/C19H24ClNO2/c1-4-14(2)21-12-16-8-6-10-18(22-3)19(16)23-13-15-7-5-9-17(20)11-15/h5-11,14,21H,4,12-13H2,1-3H3/t14-/m1/s1. The molecule has 0 saturated heterocycles. The minimum Gasteiger partial charge on any atom is -0.493 e. The van der Waals surface area contributed by atoms with E-state index in [-0.39, 0.29) is 0 Å². The smallest absolute Gasteiger partial charge is 0.166 e. The van der Waals surface area contributed by atoms with Gasteiger partial charge in [-0.05, 0) is 37.1 Å². The molecule has 0 aromatic heterocycles. The molecule has 1 N–H and O–H groups in total. The molecule has 2 aromatic carbocycles. The molecule has 1 atom stereocenters. The van der Waals surface area contributed by atoms with Crippen LogP contribution in [0.1, 0.15) is 31.4 Å². The van der Waals surface area contributed by atoms with E-state index in [1.807, 2.05) is 36.4 Å². The van der Waals surface area contributed by atoms with Crippen molar-refractivity contribution in [1.82, 2.24) is 5.32 Å².